The molecule has 0 saturated carbocycles. The second-order valence-corrected chi connectivity index (χ2v) is 10.4. The van der Waals surface area contributed by atoms with Crippen LogP contribution in [0.4, 0.5) is 4.39 Å². The average molecular weight is 614 g/mol. The molecule has 0 spiro atoms. The Balaban J connectivity index is 1.11. The van der Waals surface area contributed by atoms with Crippen molar-refractivity contribution in [3.8, 4) is 22.4 Å². The van der Waals surface area contributed by atoms with Gasteiger partial charge in [0, 0.05) is 40.5 Å². The van der Waals surface area contributed by atoms with E-state index in [0.29, 0.717) is 38.6 Å². The Morgan fingerprint density at radius 2 is 1.63 bits per heavy atom. The summed E-state index contributed by atoms with van der Waals surface area (Å²) in [5.74, 6) is -2.10. The molecule has 0 aliphatic carbocycles. The molecule has 46 heavy (non-hydrogen) atoms. The number of carbonyl (C=O) groups excluding carboxylic acids is 3. The van der Waals surface area contributed by atoms with Crippen LogP contribution >= 0.6 is 0 Å². The standard InChI is InChI=1S/C34H24FN7O4/c35-21-9-7-20(8-10-21)28-27(19-11-14-37-15-12-19)25-5-2-6-26(42(25)41-28)33(44)39-17-18-46-34(45)24-4-1-3-22-23-13-16-38-31(32(36)43)30(23)40-29(22)24/h1-16,40H,17-18H2,(H2,36,43)(H,39,44). The van der Waals surface area contributed by atoms with Gasteiger partial charge in [0.25, 0.3) is 11.8 Å². The number of esters is 1. The summed E-state index contributed by atoms with van der Waals surface area (Å²) in [4.78, 5) is 49.5. The van der Waals surface area contributed by atoms with Gasteiger partial charge in [0.05, 0.1) is 28.7 Å². The van der Waals surface area contributed by atoms with Crippen LogP contribution in [0.5, 0.6) is 0 Å². The lowest BCUT2D eigenvalue weighted by molar-refractivity contribution is 0.0505. The third-order valence-corrected chi connectivity index (χ3v) is 7.61. The lowest BCUT2D eigenvalue weighted by Crippen LogP contribution is -2.29. The molecule has 5 heterocycles. The first-order valence-corrected chi connectivity index (χ1v) is 14.2. The number of hydrogen-bond donors (Lipinski definition) is 3. The van der Waals surface area contributed by atoms with Gasteiger partial charge in [0.1, 0.15) is 23.8 Å². The molecule has 11 nitrogen and oxygen atoms in total. The number of rotatable bonds is 8. The molecule has 0 aliphatic heterocycles. The molecular formula is C34H24FN7O4. The van der Waals surface area contributed by atoms with Gasteiger partial charge in [-0.1, -0.05) is 18.2 Å². The molecule has 4 N–H and O–H groups in total. The van der Waals surface area contributed by atoms with Crippen molar-refractivity contribution in [2.75, 3.05) is 13.2 Å². The minimum absolute atomic E-state index is 0.0304. The van der Waals surface area contributed by atoms with Crippen LogP contribution in [0, 0.1) is 5.82 Å². The van der Waals surface area contributed by atoms with E-state index in [1.165, 1.54) is 18.3 Å². The zero-order valence-electron chi connectivity index (χ0n) is 24.0. The highest BCUT2D eigenvalue weighted by Gasteiger charge is 2.21. The van der Waals surface area contributed by atoms with Crippen LogP contribution in [-0.4, -0.2) is 55.5 Å². The summed E-state index contributed by atoms with van der Waals surface area (Å²) >= 11 is 0. The van der Waals surface area contributed by atoms with Crippen molar-refractivity contribution in [3.05, 3.63) is 120 Å². The molecule has 2 aromatic carbocycles. The van der Waals surface area contributed by atoms with Crippen molar-refractivity contribution in [2.45, 2.75) is 0 Å². The van der Waals surface area contributed by atoms with Crippen molar-refractivity contribution in [3.63, 3.8) is 0 Å². The zero-order chi connectivity index (χ0) is 31.8. The number of benzene rings is 2. The summed E-state index contributed by atoms with van der Waals surface area (Å²) in [5.41, 5.74) is 10.5. The van der Waals surface area contributed by atoms with Crippen LogP contribution in [0.2, 0.25) is 0 Å². The van der Waals surface area contributed by atoms with E-state index in [9.17, 15) is 18.8 Å². The highest BCUT2D eigenvalue weighted by Crippen LogP contribution is 2.35. The van der Waals surface area contributed by atoms with Gasteiger partial charge in [-0.05, 0) is 66.2 Å². The number of aromatic nitrogens is 5. The number of para-hydroxylation sites is 1. The van der Waals surface area contributed by atoms with Crippen molar-refractivity contribution in [1.29, 1.82) is 0 Å². The maximum absolute atomic E-state index is 13.7. The predicted molar refractivity (Wildman–Crippen MR) is 169 cm³/mol. The fourth-order valence-corrected chi connectivity index (χ4v) is 5.54. The Labute approximate surface area is 259 Å². The number of fused-ring (bicyclic) bond motifs is 4. The van der Waals surface area contributed by atoms with Crippen LogP contribution in [0.1, 0.15) is 31.3 Å². The second-order valence-electron chi connectivity index (χ2n) is 10.4. The molecule has 0 bridgehead atoms. The van der Waals surface area contributed by atoms with E-state index in [2.05, 4.69) is 20.3 Å². The second kappa shape index (κ2) is 11.6. The first-order valence-electron chi connectivity index (χ1n) is 14.2. The van der Waals surface area contributed by atoms with Crippen molar-refractivity contribution in [1.82, 2.24) is 29.9 Å². The van der Waals surface area contributed by atoms with E-state index in [4.69, 9.17) is 15.6 Å². The Morgan fingerprint density at radius 1 is 0.870 bits per heavy atom. The number of amides is 2. The Bertz CT molecular complexity index is 2300. The maximum Gasteiger partial charge on any atom is 0.340 e. The summed E-state index contributed by atoms with van der Waals surface area (Å²) in [5, 5.41) is 8.96. The number of nitrogens with two attached hydrogens (primary N) is 1. The quantitative estimate of drug-likeness (QED) is 0.162. The largest absolute Gasteiger partial charge is 0.460 e. The first kappa shape index (κ1) is 28.3. The number of ether oxygens (including phenoxy) is 1. The van der Waals surface area contributed by atoms with Gasteiger partial charge in [-0.2, -0.15) is 5.10 Å². The number of aromatic amines is 1. The number of nitrogens with zero attached hydrogens (tertiary/aromatic N) is 4. The molecule has 5 aromatic heterocycles. The Hall–Kier alpha value is -6.43. The number of nitrogens with one attached hydrogen (secondary N) is 2. The van der Waals surface area contributed by atoms with Crippen LogP contribution < -0.4 is 11.1 Å². The van der Waals surface area contributed by atoms with Gasteiger partial charge in [-0.3, -0.25) is 14.6 Å². The molecule has 0 unspecified atom stereocenters. The molecule has 0 atom stereocenters. The van der Waals surface area contributed by atoms with E-state index in [0.717, 1.165) is 11.1 Å². The summed E-state index contributed by atoms with van der Waals surface area (Å²) < 4.78 is 20.7. The van der Waals surface area contributed by atoms with Gasteiger partial charge in [0.15, 0.2) is 5.69 Å². The van der Waals surface area contributed by atoms with Gasteiger partial charge >= 0.3 is 5.97 Å². The SMILES string of the molecule is NC(=O)c1nccc2c1[nH]c1c(C(=O)OCCNC(=O)c3cccc4c(-c5ccncc5)c(-c5ccc(F)cc5)nn34)cccc12. The fraction of sp³-hybridized carbons (Fsp3) is 0.0588. The minimum atomic E-state index is -0.692. The fourth-order valence-electron chi connectivity index (χ4n) is 5.54. The van der Waals surface area contributed by atoms with E-state index in [1.807, 2.05) is 24.3 Å². The van der Waals surface area contributed by atoms with Crippen molar-refractivity contribution in [2.24, 2.45) is 5.73 Å². The molecule has 0 saturated heterocycles. The monoisotopic (exact) mass is 613 g/mol. The average Bonchev–Trinajstić information content (AvgIpc) is 3.66. The molecule has 0 radical (unpaired) electrons. The summed E-state index contributed by atoms with van der Waals surface area (Å²) in [6.07, 6.45) is 4.81. The van der Waals surface area contributed by atoms with Gasteiger partial charge < -0.3 is 20.8 Å². The third kappa shape index (κ3) is 4.97. The predicted octanol–water partition coefficient (Wildman–Crippen LogP) is 4.92. The molecule has 7 aromatic rings. The maximum atomic E-state index is 13.7. The van der Waals surface area contributed by atoms with Gasteiger partial charge in [0.2, 0.25) is 0 Å². The summed E-state index contributed by atoms with van der Waals surface area (Å²) in [7, 11) is 0. The van der Waals surface area contributed by atoms with E-state index >= 15 is 0 Å². The van der Waals surface area contributed by atoms with E-state index in [-0.39, 0.29) is 35.9 Å². The van der Waals surface area contributed by atoms with Crippen molar-refractivity contribution < 1.29 is 23.5 Å². The van der Waals surface area contributed by atoms with Crippen molar-refractivity contribution >= 4 is 45.1 Å². The molecular weight excluding hydrogens is 589 g/mol. The number of pyridine rings is 3. The third-order valence-electron chi connectivity index (χ3n) is 7.61. The lowest BCUT2D eigenvalue weighted by Gasteiger charge is -2.09. The van der Waals surface area contributed by atoms with E-state index in [1.54, 1.807) is 59.4 Å². The van der Waals surface area contributed by atoms with Crippen LogP contribution in [0.3, 0.4) is 0 Å². The smallest absolute Gasteiger partial charge is 0.340 e. The first-order chi connectivity index (χ1) is 22.4. The van der Waals surface area contributed by atoms with Gasteiger partial charge in [-0.25, -0.2) is 18.7 Å². The minimum Gasteiger partial charge on any atom is -0.460 e. The normalized spacial score (nSPS) is 11.2. The molecule has 0 aliphatic rings. The number of hydrogen-bond acceptors (Lipinski definition) is 7. The highest BCUT2D eigenvalue weighted by molar-refractivity contribution is 6.17. The molecule has 7 rings (SSSR count). The zero-order valence-corrected chi connectivity index (χ0v) is 24.0. The Kier molecular flexibility index (Phi) is 7.14. The molecule has 2 amide bonds. The number of carbonyl (C=O) groups is 3. The number of halogens is 1. The van der Waals surface area contributed by atoms with Crippen LogP contribution in [0.15, 0.2) is 97.5 Å². The number of H-pyrrole nitrogens is 1. The molecule has 0 fully saturated rings. The highest BCUT2D eigenvalue weighted by atomic mass is 19.1. The summed E-state index contributed by atoms with van der Waals surface area (Å²) in [6.45, 7) is -0.0733. The Morgan fingerprint density at radius 3 is 2.41 bits per heavy atom. The van der Waals surface area contributed by atoms with E-state index < -0.39 is 17.8 Å². The van der Waals surface area contributed by atoms with Crippen LogP contribution in [-0.2, 0) is 4.74 Å². The lowest BCUT2D eigenvalue weighted by atomic mass is 10.0. The topological polar surface area (TPSA) is 157 Å². The number of primary amides is 1. The molecule has 226 valence electrons. The van der Waals surface area contributed by atoms with Gasteiger partial charge in [-0.15, -0.1) is 0 Å². The summed E-state index contributed by atoms with van der Waals surface area (Å²) in [6, 6.07) is 21.8. The van der Waals surface area contributed by atoms with Crippen LogP contribution in [0.25, 0.3) is 49.7 Å². The molecule has 12 heteroatoms.